The molecule has 1 saturated carbocycles. The first kappa shape index (κ1) is 10.4. The number of rotatable bonds is 2. The normalized spacial score (nSPS) is 25.5. The minimum atomic E-state index is -0.407. The number of nitrogens with two attached hydrogens (primary N) is 1. The van der Waals surface area contributed by atoms with Crippen LogP contribution in [0, 0.1) is 0 Å². The van der Waals surface area contributed by atoms with Crippen molar-refractivity contribution in [3.05, 3.63) is 0 Å². The second-order valence-electron chi connectivity index (χ2n) is 4.38. The van der Waals surface area contributed by atoms with Crippen LogP contribution in [0.2, 0.25) is 0 Å². The van der Waals surface area contributed by atoms with Crippen molar-refractivity contribution in [1.29, 1.82) is 0 Å². The molecule has 0 aromatic heterocycles. The second kappa shape index (κ2) is 3.81. The second-order valence-corrected chi connectivity index (χ2v) is 4.38. The van der Waals surface area contributed by atoms with Crippen molar-refractivity contribution in [3.63, 3.8) is 0 Å². The molecule has 0 atom stereocenters. The van der Waals surface area contributed by atoms with E-state index in [0.29, 0.717) is 6.54 Å². The van der Waals surface area contributed by atoms with Crippen molar-refractivity contribution >= 4 is 11.9 Å². The Kier molecular flexibility index (Phi) is 2.65. The fraction of sp³-hybridized carbons (Fsp3) is 0.800. The van der Waals surface area contributed by atoms with Gasteiger partial charge in [0.1, 0.15) is 0 Å². The van der Waals surface area contributed by atoms with Crippen LogP contribution >= 0.6 is 0 Å². The lowest BCUT2D eigenvalue weighted by atomic mass is 9.80. The topological polar surface area (TPSA) is 75.4 Å². The minimum absolute atomic E-state index is 0.126. The molecule has 84 valence electrons. The van der Waals surface area contributed by atoms with Crippen LogP contribution in [0.1, 0.15) is 32.1 Å². The van der Waals surface area contributed by atoms with Crippen LogP contribution in [-0.4, -0.2) is 35.5 Å². The van der Waals surface area contributed by atoms with Gasteiger partial charge in [0.15, 0.2) is 0 Å². The van der Waals surface area contributed by atoms with Crippen molar-refractivity contribution in [2.75, 3.05) is 13.1 Å². The van der Waals surface area contributed by atoms with Gasteiger partial charge in [0.25, 0.3) is 5.91 Å². The average molecular weight is 211 g/mol. The van der Waals surface area contributed by atoms with Crippen LogP contribution in [0.3, 0.4) is 0 Å². The molecule has 1 aliphatic carbocycles. The molecule has 0 spiro atoms. The first-order valence-corrected chi connectivity index (χ1v) is 5.51. The molecule has 0 radical (unpaired) electrons. The third-order valence-corrected chi connectivity index (χ3v) is 3.48. The number of imide groups is 1. The number of nitrogens with zero attached hydrogens (tertiary/aromatic N) is 1. The number of hydrogen-bond donors (Lipinski definition) is 2. The standard InChI is InChI=1S/C10H17N3O2/c11-7-10(4-2-1-3-5-10)13-8(14)6-12-9(13)15/h1-7,11H2,(H,12,15). The van der Waals surface area contributed by atoms with Crippen LogP contribution in [0.15, 0.2) is 0 Å². The van der Waals surface area contributed by atoms with E-state index in [4.69, 9.17) is 5.73 Å². The summed E-state index contributed by atoms with van der Waals surface area (Å²) in [6.07, 6.45) is 4.97. The Labute approximate surface area is 89.0 Å². The zero-order chi connectivity index (χ0) is 10.9. The zero-order valence-electron chi connectivity index (χ0n) is 8.79. The number of amides is 3. The summed E-state index contributed by atoms with van der Waals surface area (Å²) in [5.41, 5.74) is 5.36. The van der Waals surface area contributed by atoms with Crippen LogP contribution in [0.5, 0.6) is 0 Å². The van der Waals surface area contributed by atoms with Crippen LogP contribution < -0.4 is 11.1 Å². The van der Waals surface area contributed by atoms with Gasteiger partial charge in [0.05, 0.1) is 12.1 Å². The summed E-state index contributed by atoms with van der Waals surface area (Å²) in [7, 11) is 0. The maximum absolute atomic E-state index is 11.6. The quantitative estimate of drug-likeness (QED) is 0.641. The molecule has 2 aliphatic rings. The summed E-state index contributed by atoms with van der Waals surface area (Å²) >= 11 is 0. The molecule has 5 nitrogen and oxygen atoms in total. The van der Waals surface area contributed by atoms with E-state index in [1.807, 2.05) is 0 Å². The molecule has 2 rings (SSSR count). The smallest absolute Gasteiger partial charge is 0.325 e. The fourth-order valence-corrected chi connectivity index (χ4v) is 2.63. The molecule has 1 heterocycles. The molecule has 2 fully saturated rings. The minimum Gasteiger partial charge on any atom is -0.329 e. The first-order chi connectivity index (χ1) is 7.19. The molecular weight excluding hydrogens is 194 g/mol. The fourth-order valence-electron chi connectivity index (χ4n) is 2.63. The Morgan fingerprint density at radius 1 is 1.27 bits per heavy atom. The van der Waals surface area contributed by atoms with E-state index >= 15 is 0 Å². The molecule has 0 aromatic carbocycles. The Bertz CT molecular complexity index is 268. The van der Waals surface area contributed by atoms with Gasteiger partial charge in [-0.1, -0.05) is 19.3 Å². The Balaban J connectivity index is 2.24. The lowest BCUT2D eigenvalue weighted by Crippen LogP contribution is -2.57. The average Bonchev–Trinajstić information content (AvgIpc) is 2.60. The van der Waals surface area contributed by atoms with Gasteiger partial charge in [0, 0.05) is 6.54 Å². The molecule has 3 amide bonds. The van der Waals surface area contributed by atoms with Gasteiger partial charge in [-0.15, -0.1) is 0 Å². The molecule has 0 bridgehead atoms. The monoisotopic (exact) mass is 211 g/mol. The third kappa shape index (κ3) is 1.61. The van der Waals surface area contributed by atoms with Gasteiger partial charge in [0.2, 0.25) is 0 Å². The SMILES string of the molecule is NCC1(N2C(=O)CNC2=O)CCCCC1. The van der Waals surface area contributed by atoms with Crippen molar-refractivity contribution in [2.45, 2.75) is 37.6 Å². The van der Waals surface area contributed by atoms with Crippen molar-refractivity contribution in [2.24, 2.45) is 5.73 Å². The summed E-state index contributed by atoms with van der Waals surface area (Å²) in [5, 5.41) is 2.56. The summed E-state index contributed by atoms with van der Waals surface area (Å²) in [6.45, 7) is 0.507. The van der Waals surface area contributed by atoms with Gasteiger partial charge in [-0.2, -0.15) is 0 Å². The molecule has 1 saturated heterocycles. The summed E-state index contributed by atoms with van der Waals surface area (Å²) in [5.74, 6) is -0.132. The Morgan fingerprint density at radius 3 is 2.40 bits per heavy atom. The highest BCUT2D eigenvalue weighted by molar-refractivity contribution is 6.02. The first-order valence-electron chi connectivity index (χ1n) is 5.51. The zero-order valence-corrected chi connectivity index (χ0v) is 8.79. The van der Waals surface area contributed by atoms with E-state index < -0.39 is 5.54 Å². The van der Waals surface area contributed by atoms with Gasteiger partial charge in [-0.3, -0.25) is 9.69 Å². The number of carbonyl (C=O) groups is 2. The molecule has 5 heteroatoms. The van der Waals surface area contributed by atoms with Crippen molar-refractivity contribution in [1.82, 2.24) is 10.2 Å². The molecule has 0 aromatic rings. The molecule has 1 aliphatic heterocycles. The van der Waals surface area contributed by atoms with E-state index in [1.165, 1.54) is 11.3 Å². The third-order valence-electron chi connectivity index (χ3n) is 3.48. The van der Waals surface area contributed by atoms with Gasteiger partial charge < -0.3 is 11.1 Å². The Morgan fingerprint density at radius 2 is 1.93 bits per heavy atom. The van der Waals surface area contributed by atoms with Gasteiger partial charge in [-0.05, 0) is 12.8 Å². The van der Waals surface area contributed by atoms with Crippen molar-refractivity contribution in [3.8, 4) is 0 Å². The molecular formula is C10H17N3O2. The lowest BCUT2D eigenvalue weighted by Gasteiger charge is -2.41. The van der Waals surface area contributed by atoms with Gasteiger partial charge >= 0.3 is 6.03 Å². The summed E-state index contributed by atoms with van der Waals surface area (Å²) < 4.78 is 0. The highest BCUT2D eigenvalue weighted by atomic mass is 16.2. The van der Waals surface area contributed by atoms with E-state index in [0.717, 1.165) is 25.7 Å². The van der Waals surface area contributed by atoms with Crippen LogP contribution in [0.25, 0.3) is 0 Å². The number of hydrogen-bond acceptors (Lipinski definition) is 3. The van der Waals surface area contributed by atoms with Gasteiger partial charge in [-0.25, -0.2) is 4.79 Å². The lowest BCUT2D eigenvalue weighted by molar-refractivity contribution is -0.130. The largest absolute Gasteiger partial charge is 0.329 e. The molecule has 3 N–H and O–H groups in total. The van der Waals surface area contributed by atoms with E-state index in [2.05, 4.69) is 5.32 Å². The van der Waals surface area contributed by atoms with E-state index in [9.17, 15) is 9.59 Å². The Hall–Kier alpha value is -1.10. The van der Waals surface area contributed by atoms with E-state index in [1.54, 1.807) is 0 Å². The number of carbonyl (C=O) groups excluding carboxylic acids is 2. The summed E-state index contributed by atoms with van der Waals surface area (Å²) in [4.78, 5) is 24.6. The molecule has 0 unspecified atom stereocenters. The highest BCUT2D eigenvalue weighted by Crippen LogP contribution is 2.34. The maximum Gasteiger partial charge on any atom is 0.325 e. The van der Waals surface area contributed by atoms with Crippen LogP contribution in [0.4, 0.5) is 4.79 Å². The maximum atomic E-state index is 11.6. The number of urea groups is 1. The predicted molar refractivity (Wildman–Crippen MR) is 55.1 cm³/mol. The van der Waals surface area contributed by atoms with Crippen molar-refractivity contribution < 1.29 is 9.59 Å². The number of nitrogens with one attached hydrogen (secondary N) is 1. The van der Waals surface area contributed by atoms with Crippen LogP contribution in [-0.2, 0) is 4.79 Å². The molecule has 15 heavy (non-hydrogen) atoms. The van der Waals surface area contributed by atoms with E-state index in [-0.39, 0.29) is 18.5 Å². The highest BCUT2D eigenvalue weighted by Gasteiger charge is 2.45. The predicted octanol–water partition coefficient (Wildman–Crippen LogP) is 0.200. The summed E-state index contributed by atoms with van der Waals surface area (Å²) in [6, 6.07) is -0.271.